The van der Waals surface area contributed by atoms with Crippen molar-refractivity contribution in [1.82, 2.24) is 20.1 Å². The van der Waals surface area contributed by atoms with Crippen molar-refractivity contribution >= 4 is 22.3 Å². The van der Waals surface area contributed by atoms with E-state index in [1.165, 1.54) is 24.0 Å². The Labute approximate surface area is 209 Å². The fourth-order valence-corrected chi connectivity index (χ4v) is 5.40. The molecule has 0 unspecified atom stereocenters. The molecule has 1 aliphatic heterocycles. The van der Waals surface area contributed by atoms with E-state index < -0.39 is 5.92 Å². The Hall–Kier alpha value is -3.58. The van der Waals surface area contributed by atoms with Gasteiger partial charge >= 0.3 is 0 Å². The molecule has 1 fully saturated rings. The average Bonchev–Trinajstić information content (AvgIpc) is 3.46. The average molecular weight is 486 g/mol. The minimum atomic E-state index is -2.59. The number of rotatable bonds is 6. The Bertz CT molecular complexity index is 1440. The van der Waals surface area contributed by atoms with Crippen LogP contribution in [0.5, 0.6) is 0 Å². The van der Waals surface area contributed by atoms with Crippen LogP contribution in [0.15, 0.2) is 61.4 Å². The van der Waals surface area contributed by atoms with Gasteiger partial charge in [-0.2, -0.15) is 5.10 Å². The van der Waals surface area contributed by atoms with Gasteiger partial charge in [-0.15, -0.1) is 0 Å². The van der Waals surface area contributed by atoms with Gasteiger partial charge in [0.25, 0.3) is 5.92 Å². The van der Waals surface area contributed by atoms with Crippen molar-refractivity contribution in [1.29, 1.82) is 0 Å². The van der Waals surface area contributed by atoms with Gasteiger partial charge in [0.05, 0.1) is 17.8 Å². The lowest BCUT2D eigenvalue weighted by atomic mass is 9.91. The summed E-state index contributed by atoms with van der Waals surface area (Å²) < 4.78 is 27.2. The van der Waals surface area contributed by atoms with Gasteiger partial charge in [-0.05, 0) is 78.3 Å². The maximum Gasteiger partial charge on any atom is 0.261 e. The molecule has 0 atom stereocenters. The first-order valence-corrected chi connectivity index (χ1v) is 12.5. The number of alkyl halides is 2. The lowest BCUT2D eigenvalue weighted by Gasteiger charge is -2.17. The monoisotopic (exact) mass is 485 g/mol. The predicted molar refractivity (Wildman–Crippen MR) is 140 cm³/mol. The van der Waals surface area contributed by atoms with Crippen LogP contribution >= 0.6 is 0 Å². The normalized spacial score (nSPS) is 17.3. The van der Waals surface area contributed by atoms with Crippen LogP contribution in [0.1, 0.15) is 41.6 Å². The number of H-pyrrole nitrogens is 1. The predicted octanol–water partition coefficient (Wildman–Crippen LogP) is 6.43. The molecular weight excluding hydrogens is 456 g/mol. The number of likely N-dealkylation sites (tertiary alicyclic amines) is 1. The van der Waals surface area contributed by atoms with Crippen LogP contribution in [0.4, 0.5) is 14.5 Å². The summed E-state index contributed by atoms with van der Waals surface area (Å²) in [5.41, 5.74) is 9.18. The molecule has 2 N–H and O–H groups in total. The third-order valence-electron chi connectivity index (χ3n) is 7.28. The van der Waals surface area contributed by atoms with E-state index in [-0.39, 0.29) is 13.0 Å². The smallest absolute Gasteiger partial charge is 0.261 e. The van der Waals surface area contributed by atoms with E-state index in [1.54, 1.807) is 11.1 Å². The number of aryl methyl sites for hydroxylation is 2. The van der Waals surface area contributed by atoms with Crippen LogP contribution in [0.2, 0.25) is 0 Å². The second kappa shape index (κ2) is 9.13. The number of nitrogens with one attached hydrogen (secondary N) is 2. The van der Waals surface area contributed by atoms with Crippen LogP contribution < -0.4 is 5.32 Å². The zero-order chi connectivity index (χ0) is 24.7. The highest BCUT2D eigenvalue weighted by molar-refractivity contribution is 5.95. The van der Waals surface area contributed by atoms with Crippen LogP contribution in [0, 0.1) is 0 Å². The Balaban J connectivity index is 1.24. The summed E-state index contributed by atoms with van der Waals surface area (Å²) in [7, 11) is 0. The summed E-state index contributed by atoms with van der Waals surface area (Å²) in [6.45, 7) is 4.95. The molecule has 6 rings (SSSR count). The molecule has 0 spiro atoms. The lowest BCUT2D eigenvalue weighted by molar-refractivity contribution is 0.0115. The fourth-order valence-electron chi connectivity index (χ4n) is 5.40. The number of hydrogen-bond acceptors (Lipinski definition) is 4. The van der Waals surface area contributed by atoms with Crippen molar-refractivity contribution in [3.8, 4) is 11.1 Å². The van der Waals surface area contributed by atoms with E-state index in [0.717, 1.165) is 57.5 Å². The molecule has 2 aromatic carbocycles. The third-order valence-corrected chi connectivity index (χ3v) is 7.28. The number of halogens is 2. The van der Waals surface area contributed by atoms with Crippen LogP contribution in [0.25, 0.3) is 27.7 Å². The quantitative estimate of drug-likeness (QED) is 0.331. The lowest BCUT2D eigenvalue weighted by Crippen LogP contribution is -2.24. The summed E-state index contributed by atoms with van der Waals surface area (Å²) in [6.07, 6.45) is 8.27. The molecule has 0 bridgehead atoms. The molecule has 0 radical (unpaired) electrons. The van der Waals surface area contributed by atoms with Crippen LogP contribution in [-0.2, 0) is 19.4 Å². The van der Waals surface area contributed by atoms with Gasteiger partial charge in [0.2, 0.25) is 0 Å². The van der Waals surface area contributed by atoms with Crippen molar-refractivity contribution in [3.63, 3.8) is 0 Å². The number of hydrogen-bond donors (Lipinski definition) is 2. The first-order valence-electron chi connectivity index (χ1n) is 12.5. The maximum atomic E-state index is 13.6. The Kier molecular flexibility index (Phi) is 5.80. The molecule has 0 amide bonds. The highest BCUT2D eigenvalue weighted by Gasteiger charge is 2.37. The fraction of sp³-hybridized carbons (Fsp3) is 0.310. The third kappa shape index (κ3) is 4.63. The number of nitrogens with zero attached hydrogens (tertiary/aromatic N) is 3. The van der Waals surface area contributed by atoms with Crippen LogP contribution in [-0.4, -0.2) is 39.1 Å². The molecule has 36 heavy (non-hydrogen) atoms. The molecule has 5 nitrogen and oxygen atoms in total. The molecule has 2 aliphatic rings. The van der Waals surface area contributed by atoms with Gasteiger partial charge in [-0.1, -0.05) is 18.7 Å². The van der Waals surface area contributed by atoms with Gasteiger partial charge in [0.1, 0.15) is 5.69 Å². The van der Waals surface area contributed by atoms with Gasteiger partial charge in [-0.3, -0.25) is 15.0 Å². The Morgan fingerprint density at radius 1 is 1.03 bits per heavy atom. The van der Waals surface area contributed by atoms with Gasteiger partial charge in [0.15, 0.2) is 0 Å². The first-order chi connectivity index (χ1) is 17.4. The minimum absolute atomic E-state index is 0.0799. The second-order valence-electron chi connectivity index (χ2n) is 10.0. The van der Waals surface area contributed by atoms with Crippen LogP contribution in [0.3, 0.4) is 0 Å². The molecule has 7 heteroatoms. The molecule has 3 heterocycles. The first kappa shape index (κ1) is 22.9. The molecule has 1 aliphatic carbocycles. The number of aromatic nitrogens is 3. The van der Waals surface area contributed by atoms with Gasteiger partial charge in [0, 0.05) is 48.5 Å². The molecule has 1 saturated heterocycles. The zero-order valence-electron chi connectivity index (χ0n) is 20.2. The number of aromatic amines is 1. The van der Waals surface area contributed by atoms with E-state index >= 15 is 0 Å². The van der Waals surface area contributed by atoms with Gasteiger partial charge < -0.3 is 5.32 Å². The van der Waals surface area contributed by atoms with Crippen molar-refractivity contribution in [3.05, 3.63) is 83.8 Å². The van der Waals surface area contributed by atoms with E-state index in [9.17, 15) is 8.78 Å². The Morgan fingerprint density at radius 3 is 2.72 bits per heavy atom. The largest absolute Gasteiger partial charge is 0.354 e. The molecule has 0 saturated carbocycles. The highest BCUT2D eigenvalue weighted by atomic mass is 19.3. The van der Waals surface area contributed by atoms with Crippen molar-refractivity contribution in [2.45, 2.75) is 44.6 Å². The number of benzene rings is 2. The molecular formula is C29H29F2N5. The topological polar surface area (TPSA) is 56.8 Å². The molecule has 184 valence electrons. The van der Waals surface area contributed by atoms with Crippen molar-refractivity contribution in [2.24, 2.45) is 0 Å². The van der Waals surface area contributed by atoms with E-state index in [2.05, 4.69) is 51.3 Å². The van der Waals surface area contributed by atoms with Crippen molar-refractivity contribution < 1.29 is 8.78 Å². The SMILES string of the molecule is C=C(Nc1ccc2c(c1)CCCC2)c1n[nH]c2ccc(-c3cncc(CN4CCC(F)(F)C4)c3)cc12. The van der Waals surface area contributed by atoms with Gasteiger partial charge in [-0.25, -0.2) is 8.78 Å². The van der Waals surface area contributed by atoms with E-state index in [0.29, 0.717) is 13.1 Å². The summed E-state index contributed by atoms with van der Waals surface area (Å²) in [4.78, 5) is 6.17. The number of pyridine rings is 1. The Morgan fingerprint density at radius 2 is 1.89 bits per heavy atom. The second-order valence-corrected chi connectivity index (χ2v) is 10.0. The van der Waals surface area contributed by atoms with E-state index in [1.807, 2.05) is 24.4 Å². The summed E-state index contributed by atoms with van der Waals surface area (Å²) in [5.74, 6) is -2.59. The summed E-state index contributed by atoms with van der Waals surface area (Å²) in [5, 5.41) is 12.1. The molecule has 2 aromatic heterocycles. The summed E-state index contributed by atoms with van der Waals surface area (Å²) in [6, 6.07) is 14.7. The minimum Gasteiger partial charge on any atom is -0.354 e. The van der Waals surface area contributed by atoms with E-state index in [4.69, 9.17) is 0 Å². The maximum absolute atomic E-state index is 13.6. The van der Waals surface area contributed by atoms with Crippen molar-refractivity contribution in [2.75, 3.05) is 18.4 Å². The number of fused-ring (bicyclic) bond motifs is 2. The number of anilines is 1. The summed E-state index contributed by atoms with van der Waals surface area (Å²) >= 11 is 0. The highest BCUT2D eigenvalue weighted by Crippen LogP contribution is 2.31. The molecule has 4 aromatic rings. The zero-order valence-corrected chi connectivity index (χ0v) is 20.2. The standard InChI is InChI=1S/C29H29F2N5/c1-19(33-25-8-6-21-4-2-3-5-22(21)13-25)28-26-14-23(7-9-27(26)34-35-28)24-12-20(15-32-16-24)17-36-11-10-29(30,31)18-36/h6-9,12-16,33H,1-5,10-11,17-18H2,(H,34,35).